The highest BCUT2D eigenvalue weighted by molar-refractivity contribution is 5.81. The minimum absolute atomic E-state index is 0.0255. The summed E-state index contributed by atoms with van der Waals surface area (Å²) < 4.78 is 11.2. The van der Waals surface area contributed by atoms with Crippen molar-refractivity contribution in [3.63, 3.8) is 0 Å². The van der Waals surface area contributed by atoms with Gasteiger partial charge < -0.3 is 14.6 Å². The van der Waals surface area contributed by atoms with Crippen molar-refractivity contribution in [2.45, 2.75) is 38.8 Å². The SMILES string of the molecule is CC(C)Oc1ccc(-c2nc(-c3cccc4c3CC3CC(=O)NC43)no2)cc1C#N. The first-order valence-electron chi connectivity index (χ1n) is 10.00. The van der Waals surface area contributed by atoms with Crippen LogP contribution in [0.1, 0.15) is 43.0 Å². The second-order valence-corrected chi connectivity index (χ2v) is 8.00. The third-order valence-corrected chi connectivity index (χ3v) is 5.63. The zero-order chi connectivity index (χ0) is 20.8. The molecule has 1 N–H and O–H groups in total. The second kappa shape index (κ2) is 6.99. The van der Waals surface area contributed by atoms with Crippen LogP contribution in [0.25, 0.3) is 22.8 Å². The van der Waals surface area contributed by atoms with Crippen LogP contribution in [0, 0.1) is 17.2 Å². The number of benzene rings is 2. The molecular formula is C23H20N4O3. The van der Waals surface area contributed by atoms with Gasteiger partial charge in [0.25, 0.3) is 5.89 Å². The average molecular weight is 400 g/mol. The molecule has 3 aromatic rings. The maximum Gasteiger partial charge on any atom is 0.258 e. The molecule has 150 valence electrons. The lowest BCUT2D eigenvalue weighted by Crippen LogP contribution is -2.18. The van der Waals surface area contributed by atoms with Gasteiger partial charge in [-0.15, -0.1) is 0 Å². The molecule has 1 aliphatic carbocycles. The van der Waals surface area contributed by atoms with Crippen molar-refractivity contribution >= 4 is 5.91 Å². The standard InChI is InChI=1S/C23H20N4O3/c1-12(2)29-19-7-6-13(8-15(19)11-24)23-26-22(27-30-23)17-5-3-4-16-18(17)9-14-10-20(28)25-21(14)16/h3-8,12,14,21H,9-10H2,1-2H3,(H,25,28). The first-order chi connectivity index (χ1) is 14.5. The van der Waals surface area contributed by atoms with Crippen LogP contribution in [0.15, 0.2) is 40.9 Å². The zero-order valence-electron chi connectivity index (χ0n) is 16.7. The van der Waals surface area contributed by atoms with Crippen molar-refractivity contribution in [2.24, 2.45) is 5.92 Å². The van der Waals surface area contributed by atoms with Gasteiger partial charge in [0.05, 0.1) is 17.7 Å². The molecule has 7 nitrogen and oxygen atoms in total. The van der Waals surface area contributed by atoms with Crippen molar-refractivity contribution in [3.05, 3.63) is 53.1 Å². The van der Waals surface area contributed by atoms with Gasteiger partial charge in [-0.3, -0.25) is 4.79 Å². The Balaban J connectivity index is 1.48. The van der Waals surface area contributed by atoms with E-state index in [9.17, 15) is 10.1 Å². The highest BCUT2D eigenvalue weighted by Crippen LogP contribution is 2.44. The van der Waals surface area contributed by atoms with Crippen LogP contribution in [0.3, 0.4) is 0 Å². The van der Waals surface area contributed by atoms with Crippen molar-refractivity contribution < 1.29 is 14.1 Å². The summed E-state index contributed by atoms with van der Waals surface area (Å²) in [5.41, 5.74) is 4.31. The molecule has 0 bridgehead atoms. The lowest BCUT2D eigenvalue weighted by molar-refractivity contribution is -0.119. The van der Waals surface area contributed by atoms with E-state index in [-0.39, 0.29) is 24.0 Å². The lowest BCUT2D eigenvalue weighted by atomic mass is 10.0. The highest BCUT2D eigenvalue weighted by atomic mass is 16.5. The van der Waals surface area contributed by atoms with E-state index in [4.69, 9.17) is 9.26 Å². The number of carbonyl (C=O) groups excluding carboxylic acids is 1. The second-order valence-electron chi connectivity index (χ2n) is 8.00. The minimum atomic E-state index is -0.0255. The van der Waals surface area contributed by atoms with E-state index < -0.39 is 0 Å². The Kier molecular flexibility index (Phi) is 4.28. The molecule has 1 saturated heterocycles. The Bertz CT molecular complexity index is 1190. The molecule has 1 fully saturated rings. The number of hydrogen-bond donors (Lipinski definition) is 1. The number of nitrogens with one attached hydrogen (secondary N) is 1. The molecule has 30 heavy (non-hydrogen) atoms. The van der Waals surface area contributed by atoms with Gasteiger partial charge in [-0.25, -0.2) is 0 Å². The number of ether oxygens (including phenoxy) is 1. The maximum absolute atomic E-state index is 11.7. The summed E-state index contributed by atoms with van der Waals surface area (Å²) in [6.45, 7) is 3.83. The van der Waals surface area contributed by atoms with E-state index in [1.54, 1.807) is 12.1 Å². The molecule has 5 rings (SSSR count). The number of hydrogen-bond acceptors (Lipinski definition) is 6. The lowest BCUT2D eigenvalue weighted by Gasteiger charge is -2.11. The summed E-state index contributed by atoms with van der Waals surface area (Å²) in [7, 11) is 0. The fourth-order valence-corrected chi connectivity index (χ4v) is 4.38. The average Bonchev–Trinajstić information content (AvgIpc) is 3.42. The molecule has 2 aliphatic rings. The summed E-state index contributed by atoms with van der Waals surface area (Å²) >= 11 is 0. The Morgan fingerprint density at radius 1 is 1.27 bits per heavy atom. The summed E-state index contributed by atoms with van der Waals surface area (Å²) in [4.78, 5) is 16.3. The number of rotatable bonds is 4. The minimum Gasteiger partial charge on any atom is -0.490 e. The van der Waals surface area contributed by atoms with Gasteiger partial charge in [0, 0.05) is 17.5 Å². The van der Waals surface area contributed by atoms with Crippen LogP contribution in [0.5, 0.6) is 5.75 Å². The molecule has 2 heterocycles. The molecule has 0 saturated carbocycles. The fraction of sp³-hybridized carbons (Fsp3) is 0.304. The topological polar surface area (TPSA) is 101 Å². The normalized spacial score (nSPS) is 19.3. The van der Waals surface area contributed by atoms with E-state index >= 15 is 0 Å². The van der Waals surface area contributed by atoms with E-state index in [0.29, 0.717) is 35.0 Å². The van der Waals surface area contributed by atoms with Gasteiger partial charge in [-0.05, 0) is 55.5 Å². The zero-order valence-corrected chi connectivity index (χ0v) is 16.7. The molecule has 1 aromatic heterocycles. The molecular weight excluding hydrogens is 380 g/mol. The Morgan fingerprint density at radius 3 is 2.93 bits per heavy atom. The third-order valence-electron chi connectivity index (χ3n) is 5.63. The summed E-state index contributed by atoms with van der Waals surface area (Å²) in [6.07, 6.45) is 1.35. The summed E-state index contributed by atoms with van der Waals surface area (Å²) in [6, 6.07) is 13.5. The molecule has 2 atom stereocenters. The number of nitriles is 1. The number of aromatic nitrogens is 2. The van der Waals surface area contributed by atoms with Gasteiger partial charge >= 0.3 is 0 Å². The van der Waals surface area contributed by atoms with Gasteiger partial charge in [0.15, 0.2) is 0 Å². The molecule has 2 unspecified atom stereocenters. The smallest absolute Gasteiger partial charge is 0.258 e. The predicted octanol–water partition coefficient (Wildman–Crippen LogP) is 3.80. The number of carbonyl (C=O) groups is 1. The molecule has 2 aromatic carbocycles. The highest BCUT2D eigenvalue weighted by Gasteiger charge is 2.41. The first-order valence-corrected chi connectivity index (χ1v) is 10.00. The van der Waals surface area contributed by atoms with Crippen LogP contribution in [0.4, 0.5) is 0 Å². The van der Waals surface area contributed by atoms with Crippen LogP contribution >= 0.6 is 0 Å². The number of nitrogens with zero attached hydrogens (tertiary/aromatic N) is 3. The van der Waals surface area contributed by atoms with Gasteiger partial charge in [0.2, 0.25) is 11.7 Å². The van der Waals surface area contributed by atoms with Gasteiger partial charge in [-0.2, -0.15) is 10.2 Å². The van der Waals surface area contributed by atoms with Crippen LogP contribution in [-0.4, -0.2) is 22.2 Å². The Hall–Kier alpha value is -3.66. The number of amides is 1. The van der Waals surface area contributed by atoms with Crippen LogP contribution in [0.2, 0.25) is 0 Å². The van der Waals surface area contributed by atoms with Crippen molar-refractivity contribution in [1.82, 2.24) is 15.5 Å². The monoisotopic (exact) mass is 400 g/mol. The molecule has 0 spiro atoms. The first kappa shape index (κ1) is 18.4. The van der Waals surface area contributed by atoms with Crippen molar-refractivity contribution in [2.75, 3.05) is 0 Å². The van der Waals surface area contributed by atoms with E-state index in [1.165, 1.54) is 5.56 Å². The summed E-state index contributed by atoms with van der Waals surface area (Å²) in [5.74, 6) is 1.79. The van der Waals surface area contributed by atoms with E-state index in [1.807, 2.05) is 32.0 Å². The molecule has 7 heteroatoms. The quantitative estimate of drug-likeness (QED) is 0.715. The van der Waals surface area contributed by atoms with E-state index in [2.05, 4.69) is 27.6 Å². The molecule has 1 amide bonds. The van der Waals surface area contributed by atoms with Crippen LogP contribution < -0.4 is 10.1 Å². The Labute approximate surface area is 173 Å². The third kappa shape index (κ3) is 3.01. The van der Waals surface area contributed by atoms with Gasteiger partial charge in [-0.1, -0.05) is 23.4 Å². The predicted molar refractivity (Wildman–Crippen MR) is 108 cm³/mol. The Morgan fingerprint density at radius 2 is 2.13 bits per heavy atom. The maximum atomic E-state index is 11.7. The van der Waals surface area contributed by atoms with Crippen molar-refractivity contribution in [1.29, 1.82) is 5.26 Å². The summed E-state index contributed by atoms with van der Waals surface area (Å²) in [5, 5.41) is 16.7. The largest absolute Gasteiger partial charge is 0.490 e. The van der Waals surface area contributed by atoms with E-state index in [0.717, 1.165) is 17.5 Å². The molecule has 0 radical (unpaired) electrons. The van der Waals surface area contributed by atoms with Crippen LogP contribution in [-0.2, 0) is 11.2 Å². The number of fused-ring (bicyclic) bond motifs is 3. The van der Waals surface area contributed by atoms with Gasteiger partial charge in [0.1, 0.15) is 11.8 Å². The fourth-order valence-electron chi connectivity index (χ4n) is 4.38. The molecule has 1 aliphatic heterocycles. The van der Waals surface area contributed by atoms with Crippen molar-refractivity contribution in [3.8, 4) is 34.7 Å².